The minimum absolute atomic E-state index is 0.0379. The SMILES string of the molecule is O=C(c1ccccc1)N1CCN(C(=O)c2ccccc2Nc2ccc(OC(F)F)cc2)CC1. The first-order chi connectivity index (χ1) is 16.0. The summed E-state index contributed by atoms with van der Waals surface area (Å²) in [6.07, 6.45) is 0. The Kier molecular flexibility index (Phi) is 6.83. The van der Waals surface area contributed by atoms with E-state index in [-0.39, 0.29) is 17.6 Å². The first kappa shape index (κ1) is 22.3. The van der Waals surface area contributed by atoms with Gasteiger partial charge in [0.2, 0.25) is 0 Å². The van der Waals surface area contributed by atoms with Crippen LogP contribution in [0.1, 0.15) is 20.7 Å². The number of hydrogen-bond acceptors (Lipinski definition) is 4. The van der Waals surface area contributed by atoms with Crippen LogP contribution in [-0.4, -0.2) is 54.4 Å². The lowest BCUT2D eigenvalue weighted by atomic mass is 10.1. The van der Waals surface area contributed by atoms with E-state index >= 15 is 0 Å². The van der Waals surface area contributed by atoms with E-state index in [4.69, 9.17) is 0 Å². The molecule has 1 fully saturated rings. The molecule has 1 N–H and O–H groups in total. The van der Waals surface area contributed by atoms with Gasteiger partial charge in [0, 0.05) is 37.4 Å². The standard InChI is InChI=1S/C25H23F2N3O3/c26-25(27)33-20-12-10-19(11-13-20)28-22-9-5-4-8-21(22)24(32)30-16-14-29(15-17-30)23(31)18-6-2-1-3-7-18/h1-13,25,28H,14-17H2. The summed E-state index contributed by atoms with van der Waals surface area (Å²) in [6.45, 7) is -1.09. The Labute approximate surface area is 190 Å². The number of rotatable bonds is 6. The van der Waals surface area contributed by atoms with E-state index in [1.54, 1.807) is 52.3 Å². The van der Waals surface area contributed by atoms with Gasteiger partial charge in [-0.2, -0.15) is 8.78 Å². The lowest BCUT2D eigenvalue weighted by molar-refractivity contribution is -0.0498. The molecule has 0 bridgehead atoms. The van der Waals surface area contributed by atoms with Gasteiger partial charge in [-0.1, -0.05) is 30.3 Å². The van der Waals surface area contributed by atoms with E-state index in [2.05, 4.69) is 10.1 Å². The second kappa shape index (κ2) is 10.1. The van der Waals surface area contributed by atoms with E-state index < -0.39 is 6.61 Å². The maximum Gasteiger partial charge on any atom is 0.387 e. The molecule has 1 saturated heterocycles. The molecule has 0 aliphatic carbocycles. The molecular formula is C25H23F2N3O3. The Morgan fingerprint density at radius 1 is 0.758 bits per heavy atom. The highest BCUT2D eigenvalue weighted by atomic mass is 19.3. The zero-order valence-corrected chi connectivity index (χ0v) is 17.8. The molecule has 3 aromatic carbocycles. The van der Waals surface area contributed by atoms with E-state index in [0.29, 0.717) is 48.7 Å². The number of piperazine rings is 1. The van der Waals surface area contributed by atoms with Crippen molar-refractivity contribution < 1.29 is 23.1 Å². The predicted octanol–water partition coefficient (Wildman–Crippen LogP) is 4.63. The van der Waals surface area contributed by atoms with E-state index in [1.807, 2.05) is 24.3 Å². The fourth-order valence-electron chi connectivity index (χ4n) is 3.70. The Balaban J connectivity index is 1.41. The van der Waals surface area contributed by atoms with Crippen molar-refractivity contribution in [3.63, 3.8) is 0 Å². The third-order valence-corrected chi connectivity index (χ3v) is 5.39. The minimum Gasteiger partial charge on any atom is -0.435 e. The molecule has 3 aromatic rings. The number of halogens is 2. The minimum atomic E-state index is -2.88. The highest BCUT2D eigenvalue weighted by Gasteiger charge is 2.26. The molecule has 0 radical (unpaired) electrons. The lowest BCUT2D eigenvalue weighted by Gasteiger charge is -2.35. The fraction of sp³-hybridized carbons (Fsp3) is 0.200. The van der Waals surface area contributed by atoms with Crippen LogP contribution in [0.25, 0.3) is 0 Å². The smallest absolute Gasteiger partial charge is 0.387 e. The van der Waals surface area contributed by atoms with E-state index in [1.165, 1.54) is 12.1 Å². The maximum absolute atomic E-state index is 13.2. The average Bonchev–Trinajstić information content (AvgIpc) is 2.85. The summed E-state index contributed by atoms with van der Waals surface area (Å²) in [5.74, 6) is -0.116. The summed E-state index contributed by atoms with van der Waals surface area (Å²) in [5, 5.41) is 3.17. The number of para-hydroxylation sites is 1. The molecule has 0 saturated carbocycles. The highest BCUT2D eigenvalue weighted by molar-refractivity contribution is 6.00. The van der Waals surface area contributed by atoms with Gasteiger partial charge in [-0.25, -0.2) is 0 Å². The molecule has 6 nitrogen and oxygen atoms in total. The van der Waals surface area contributed by atoms with E-state index in [0.717, 1.165) is 0 Å². The number of anilines is 2. The Morgan fingerprint density at radius 2 is 1.33 bits per heavy atom. The van der Waals surface area contributed by atoms with Crippen molar-refractivity contribution >= 4 is 23.2 Å². The number of alkyl halides is 2. The van der Waals surface area contributed by atoms with Crippen LogP contribution in [-0.2, 0) is 0 Å². The number of ether oxygens (including phenoxy) is 1. The molecule has 0 aromatic heterocycles. The molecule has 170 valence electrons. The Bertz CT molecular complexity index is 1100. The topological polar surface area (TPSA) is 61.9 Å². The summed E-state index contributed by atoms with van der Waals surface area (Å²) < 4.78 is 29.0. The molecule has 0 unspecified atom stereocenters. The second-order valence-electron chi connectivity index (χ2n) is 7.52. The molecule has 1 heterocycles. The number of carbonyl (C=O) groups excluding carboxylic acids is 2. The summed E-state index contributed by atoms with van der Waals surface area (Å²) in [5.41, 5.74) is 2.37. The van der Waals surface area contributed by atoms with Crippen LogP contribution in [0.4, 0.5) is 20.2 Å². The first-order valence-corrected chi connectivity index (χ1v) is 10.6. The third-order valence-electron chi connectivity index (χ3n) is 5.39. The number of amides is 2. The first-order valence-electron chi connectivity index (χ1n) is 10.6. The number of benzene rings is 3. The number of hydrogen-bond donors (Lipinski definition) is 1. The summed E-state index contributed by atoms with van der Waals surface area (Å²) in [7, 11) is 0. The molecule has 0 spiro atoms. The second-order valence-corrected chi connectivity index (χ2v) is 7.52. The number of carbonyl (C=O) groups is 2. The van der Waals surface area contributed by atoms with Gasteiger partial charge in [0.1, 0.15) is 5.75 Å². The van der Waals surface area contributed by atoms with Crippen LogP contribution >= 0.6 is 0 Å². The Morgan fingerprint density at radius 3 is 1.97 bits per heavy atom. The number of nitrogens with one attached hydrogen (secondary N) is 1. The zero-order chi connectivity index (χ0) is 23.2. The van der Waals surface area contributed by atoms with E-state index in [9.17, 15) is 18.4 Å². The Hall–Kier alpha value is -3.94. The van der Waals surface area contributed by atoms with Crippen molar-refractivity contribution in [1.82, 2.24) is 9.80 Å². The number of nitrogens with zero attached hydrogens (tertiary/aromatic N) is 2. The van der Waals surface area contributed by atoms with Crippen LogP contribution in [0.3, 0.4) is 0 Å². The van der Waals surface area contributed by atoms with Gasteiger partial charge in [0.25, 0.3) is 11.8 Å². The summed E-state index contributed by atoms with van der Waals surface area (Å²) in [4.78, 5) is 29.3. The van der Waals surface area contributed by atoms with Gasteiger partial charge in [-0.3, -0.25) is 9.59 Å². The van der Waals surface area contributed by atoms with Gasteiger partial charge in [0.15, 0.2) is 0 Å². The zero-order valence-electron chi connectivity index (χ0n) is 17.8. The van der Waals surface area contributed by atoms with Gasteiger partial charge >= 0.3 is 6.61 Å². The largest absolute Gasteiger partial charge is 0.435 e. The molecule has 2 amide bonds. The lowest BCUT2D eigenvalue weighted by Crippen LogP contribution is -2.50. The van der Waals surface area contributed by atoms with Crippen LogP contribution in [0.15, 0.2) is 78.9 Å². The average molecular weight is 451 g/mol. The molecule has 33 heavy (non-hydrogen) atoms. The summed E-state index contributed by atoms with van der Waals surface area (Å²) >= 11 is 0. The molecule has 4 rings (SSSR count). The van der Waals surface area contributed by atoms with Crippen LogP contribution in [0.5, 0.6) is 5.75 Å². The fourth-order valence-corrected chi connectivity index (χ4v) is 3.70. The van der Waals surface area contributed by atoms with Crippen molar-refractivity contribution in [3.05, 3.63) is 90.0 Å². The quantitative estimate of drug-likeness (QED) is 0.594. The van der Waals surface area contributed by atoms with Crippen molar-refractivity contribution in [3.8, 4) is 5.75 Å². The molecule has 1 aliphatic rings. The molecular weight excluding hydrogens is 428 g/mol. The van der Waals surface area contributed by atoms with Gasteiger partial charge in [-0.15, -0.1) is 0 Å². The third kappa shape index (κ3) is 5.46. The van der Waals surface area contributed by atoms with Crippen LogP contribution < -0.4 is 10.1 Å². The normalized spacial score (nSPS) is 13.7. The molecule has 1 aliphatic heterocycles. The van der Waals surface area contributed by atoms with Gasteiger partial charge in [-0.05, 0) is 48.5 Å². The van der Waals surface area contributed by atoms with Crippen molar-refractivity contribution in [2.75, 3.05) is 31.5 Å². The van der Waals surface area contributed by atoms with Gasteiger partial charge in [0.05, 0.1) is 11.3 Å². The van der Waals surface area contributed by atoms with Crippen LogP contribution in [0.2, 0.25) is 0 Å². The van der Waals surface area contributed by atoms with Crippen molar-refractivity contribution in [2.45, 2.75) is 6.61 Å². The monoisotopic (exact) mass is 451 g/mol. The van der Waals surface area contributed by atoms with Gasteiger partial charge < -0.3 is 19.9 Å². The van der Waals surface area contributed by atoms with Crippen molar-refractivity contribution in [2.24, 2.45) is 0 Å². The maximum atomic E-state index is 13.2. The molecule has 8 heteroatoms. The van der Waals surface area contributed by atoms with Crippen LogP contribution in [0, 0.1) is 0 Å². The molecule has 0 atom stereocenters. The summed E-state index contributed by atoms with van der Waals surface area (Å²) in [6, 6.07) is 22.3. The van der Waals surface area contributed by atoms with Crippen molar-refractivity contribution in [1.29, 1.82) is 0 Å². The predicted molar refractivity (Wildman–Crippen MR) is 121 cm³/mol. The highest BCUT2D eigenvalue weighted by Crippen LogP contribution is 2.25.